The Balaban J connectivity index is 1.51. The minimum Gasteiger partial charge on any atom is -0.478 e. The fourth-order valence-electron chi connectivity index (χ4n) is 4.08. The molecule has 0 saturated carbocycles. The molecule has 0 spiro atoms. The molecule has 32 heavy (non-hydrogen) atoms. The van der Waals surface area contributed by atoms with Gasteiger partial charge < -0.3 is 19.8 Å². The van der Waals surface area contributed by atoms with E-state index in [1.807, 2.05) is 6.92 Å². The monoisotopic (exact) mass is 461 g/mol. The molecule has 2 N–H and O–H groups in total. The minimum absolute atomic E-state index is 0.109. The maximum absolute atomic E-state index is 13.5. The first-order valence-electron chi connectivity index (χ1n) is 10.7. The van der Waals surface area contributed by atoms with Crippen molar-refractivity contribution in [2.24, 2.45) is 5.92 Å². The van der Waals surface area contributed by atoms with Crippen LogP contribution in [0.15, 0.2) is 39.8 Å². The van der Waals surface area contributed by atoms with Crippen molar-refractivity contribution in [1.29, 1.82) is 0 Å². The highest BCUT2D eigenvalue weighted by molar-refractivity contribution is 7.89. The number of hydrogen-bond acceptors (Lipinski definition) is 6. The normalized spacial score (nSPS) is 21.4. The lowest BCUT2D eigenvalue weighted by Gasteiger charge is -2.32. The number of nitrogens with zero attached hydrogens (tertiary/aromatic N) is 1. The zero-order valence-corrected chi connectivity index (χ0v) is 18.9. The van der Waals surface area contributed by atoms with Gasteiger partial charge in [0.15, 0.2) is 6.10 Å². The van der Waals surface area contributed by atoms with Gasteiger partial charge >= 0.3 is 0 Å². The Morgan fingerprint density at radius 3 is 2.88 bits per heavy atom. The number of aryl methyl sites for hydroxylation is 1. The Bertz CT molecular complexity index is 1110. The summed E-state index contributed by atoms with van der Waals surface area (Å²) >= 11 is 0. The largest absolute Gasteiger partial charge is 0.478 e. The van der Waals surface area contributed by atoms with E-state index in [2.05, 4.69) is 10.6 Å². The Labute approximate surface area is 187 Å². The molecule has 4 rings (SSSR count). The molecule has 10 heteroatoms. The van der Waals surface area contributed by atoms with Crippen molar-refractivity contribution in [3.63, 3.8) is 0 Å². The van der Waals surface area contributed by atoms with Crippen LogP contribution >= 0.6 is 0 Å². The van der Waals surface area contributed by atoms with Crippen molar-refractivity contribution in [2.45, 2.75) is 50.7 Å². The minimum atomic E-state index is -3.85. The van der Waals surface area contributed by atoms with E-state index in [1.54, 1.807) is 25.1 Å². The van der Waals surface area contributed by atoms with Crippen LogP contribution in [0.3, 0.4) is 0 Å². The van der Waals surface area contributed by atoms with E-state index in [0.29, 0.717) is 48.6 Å². The van der Waals surface area contributed by atoms with Gasteiger partial charge in [0.05, 0.1) is 29.3 Å². The van der Waals surface area contributed by atoms with Crippen molar-refractivity contribution in [3.8, 4) is 5.75 Å². The van der Waals surface area contributed by atoms with E-state index in [4.69, 9.17) is 9.15 Å². The number of amides is 2. The fraction of sp³-hybridized carbons (Fsp3) is 0.455. The summed E-state index contributed by atoms with van der Waals surface area (Å²) in [6, 6.07) is 6.60. The number of nitrogens with one attached hydrogen (secondary N) is 2. The summed E-state index contributed by atoms with van der Waals surface area (Å²) in [5, 5.41) is 5.59. The van der Waals surface area contributed by atoms with Crippen LogP contribution in [0.25, 0.3) is 0 Å². The first-order valence-corrected chi connectivity index (χ1v) is 12.2. The summed E-state index contributed by atoms with van der Waals surface area (Å²) in [4.78, 5) is 24.8. The quantitative estimate of drug-likeness (QED) is 0.682. The van der Waals surface area contributed by atoms with Gasteiger partial charge in [-0.25, -0.2) is 8.42 Å². The highest BCUT2D eigenvalue weighted by Crippen LogP contribution is 2.36. The van der Waals surface area contributed by atoms with E-state index in [9.17, 15) is 18.0 Å². The third kappa shape index (κ3) is 4.37. The molecular weight excluding hydrogens is 434 g/mol. The lowest BCUT2D eigenvalue weighted by Crippen LogP contribution is -2.45. The number of carbonyl (C=O) groups excluding carboxylic acids is 2. The first kappa shape index (κ1) is 22.3. The number of hydrogen-bond donors (Lipinski definition) is 2. The predicted octanol–water partition coefficient (Wildman–Crippen LogP) is 2.41. The molecule has 2 aromatic rings. The van der Waals surface area contributed by atoms with Crippen molar-refractivity contribution in [3.05, 3.63) is 41.9 Å². The lowest BCUT2D eigenvalue weighted by atomic mass is 9.99. The number of piperidine rings is 1. The summed E-state index contributed by atoms with van der Waals surface area (Å²) in [5.74, 6) is 0.104. The van der Waals surface area contributed by atoms with Crippen molar-refractivity contribution in [2.75, 3.05) is 18.4 Å². The van der Waals surface area contributed by atoms with Crippen LogP contribution in [0.2, 0.25) is 0 Å². The SMILES string of the molecule is CC[C@H]1Oc2cc(S(=O)(=O)N3CCC[C@@H](C(=O)NCc4ccco4)C3)c(C)cc2NC1=O. The Kier molecular flexibility index (Phi) is 6.25. The number of ether oxygens (including phenoxy) is 1. The van der Waals surface area contributed by atoms with Gasteiger partial charge in [-0.3, -0.25) is 9.59 Å². The topological polar surface area (TPSA) is 118 Å². The smallest absolute Gasteiger partial charge is 0.265 e. The van der Waals surface area contributed by atoms with Crippen LogP contribution < -0.4 is 15.4 Å². The summed E-state index contributed by atoms with van der Waals surface area (Å²) in [6.45, 7) is 4.23. The molecule has 1 fully saturated rings. The zero-order valence-electron chi connectivity index (χ0n) is 18.1. The number of anilines is 1. The number of benzene rings is 1. The highest BCUT2D eigenvalue weighted by Gasteiger charge is 2.35. The van der Waals surface area contributed by atoms with Crippen LogP contribution in [-0.4, -0.2) is 43.7 Å². The summed E-state index contributed by atoms with van der Waals surface area (Å²) in [6.07, 6.45) is 2.56. The summed E-state index contributed by atoms with van der Waals surface area (Å²) in [7, 11) is -3.85. The van der Waals surface area contributed by atoms with E-state index in [-0.39, 0.29) is 29.8 Å². The van der Waals surface area contributed by atoms with Crippen LogP contribution in [0.5, 0.6) is 5.75 Å². The second kappa shape index (κ2) is 8.95. The van der Waals surface area contributed by atoms with Gasteiger partial charge in [-0.15, -0.1) is 0 Å². The third-order valence-corrected chi connectivity index (χ3v) is 7.86. The number of sulfonamides is 1. The Hall–Kier alpha value is -2.85. The van der Waals surface area contributed by atoms with E-state index >= 15 is 0 Å². The predicted molar refractivity (Wildman–Crippen MR) is 117 cm³/mol. The second-order valence-electron chi connectivity index (χ2n) is 8.12. The van der Waals surface area contributed by atoms with Gasteiger partial charge in [-0.2, -0.15) is 4.31 Å². The lowest BCUT2D eigenvalue weighted by molar-refractivity contribution is -0.126. The zero-order chi connectivity index (χ0) is 22.9. The average Bonchev–Trinajstić information content (AvgIpc) is 3.30. The highest BCUT2D eigenvalue weighted by atomic mass is 32.2. The fourth-order valence-corrected chi connectivity index (χ4v) is 5.82. The Morgan fingerprint density at radius 1 is 1.34 bits per heavy atom. The number of carbonyl (C=O) groups is 2. The molecule has 0 aliphatic carbocycles. The Morgan fingerprint density at radius 2 is 2.16 bits per heavy atom. The maximum atomic E-state index is 13.5. The van der Waals surface area contributed by atoms with Crippen LogP contribution in [0.1, 0.15) is 37.5 Å². The number of rotatable bonds is 6. The molecular formula is C22H27N3O6S. The first-order chi connectivity index (χ1) is 15.3. The molecule has 0 radical (unpaired) electrons. The molecule has 1 aromatic heterocycles. The molecule has 0 bridgehead atoms. The molecule has 9 nitrogen and oxygen atoms in total. The number of fused-ring (bicyclic) bond motifs is 1. The molecule has 2 aliphatic heterocycles. The van der Waals surface area contributed by atoms with Gasteiger partial charge in [-0.1, -0.05) is 6.92 Å². The van der Waals surface area contributed by atoms with Gasteiger partial charge in [0.1, 0.15) is 11.5 Å². The molecule has 2 amide bonds. The third-order valence-electron chi connectivity index (χ3n) is 5.86. The van der Waals surface area contributed by atoms with Crippen LogP contribution in [-0.2, 0) is 26.2 Å². The van der Waals surface area contributed by atoms with Crippen LogP contribution in [0, 0.1) is 12.8 Å². The second-order valence-corrected chi connectivity index (χ2v) is 10.0. The van der Waals surface area contributed by atoms with Gasteiger partial charge in [0.25, 0.3) is 5.91 Å². The standard InChI is InChI=1S/C22H27N3O6S/c1-3-18-22(27)24-17-10-14(2)20(11-19(17)31-18)32(28,29)25-8-4-6-15(13-25)21(26)23-12-16-7-5-9-30-16/h5,7,9-11,15,18H,3-4,6,8,12-13H2,1-2H3,(H,23,26)(H,24,27)/t15-,18-/m1/s1. The molecule has 2 atom stereocenters. The maximum Gasteiger partial charge on any atom is 0.265 e. The number of furan rings is 1. The van der Waals surface area contributed by atoms with Crippen molar-refractivity contribution >= 4 is 27.5 Å². The molecule has 172 valence electrons. The van der Waals surface area contributed by atoms with Gasteiger partial charge in [0.2, 0.25) is 15.9 Å². The molecule has 1 saturated heterocycles. The summed E-state index contributed by atoms with van der Waals surface area (Å²) < 4.78 is 39.2. The van der Waals surface area contributed by atoms with E-state index in [1.165, 1.54) is 16.6 Å². The molecule has 2 aliphatic rings. The van der Waals surface area contributed by atoms with Crippen molar-refractivity contribution < 1.29 is 27.2 Å². The van der Waals surface area contributed by atoms with Gasteiger partial charge in [-0.05, 0) is 49.9 Å². The summed E-state index contributed by atoms with van der Waals surface area (Å²) in [5.41, 5.74) is 0.969. The van der Waals surface area contributed by atoms with E-state index in [0.717, 1.165) is 0 Å². The molecule has 3 heterocycles. The van der Waals surface area contributed by atoms with E-state index < -0.39 is 22.0 Å². The molecule has 0 unspecified atom stereocenters. The van der Waals surface area contributed by atoms with Crippen molar-refractivity contribution in [1.82, 2.24) is 9.62 Å². The van der Waals surface area contributed by atoms with Crippen LogP contribution in [0.4, 0.5) is 5.69 Å². The van der Waals surface area contributed by atoms with Gasteiger partial charge in [0, 0.05) is 19.2 Å². The average molecular weight is 462 g/mol. The molecule has 1 aromatic carbocycles.